The van der Waals surface area contributed by atoms with E-state index in [-0.39, 0.29) is 0 Å². The third-order valence-corrected chi connectivity index (χ3v) is 3.12. The molecule has 20 heavy (non-hydrogen) atoms. The number of carboxylic acid groups (broad SMARTS) is 1. The van der Waals surface area contributed by atoms with Crippen molar-refractivity contribution in [3.05, 3.63) is 36.5 Å². The molecule has 0 spiro atoms. The molecule has 1 N–H and O–H groups in total. The first-order chi connectivity index (χ1) is 9.77. The SMILES string of the molecule is CCCCC=CCCCCCCC/C=C\C=CC(=O)O. The average molecular weight is 278 g/mol. The first kappa shape index (κ1) is 18.7. The fraction of sp³-hybridized carbons (Fsp3) is 0.611. The summed E-state index contributed by atoms with van der Waals surface area (Å²) in [5.41, 5.74) is 0. The maximum atomic E-state index is 10.2. The zero-order valence-electron chi connectivity index (χ0n) is 12.9. The Balaban J connectivity index is 3.21. The summed E-state index contributed by atoms with van der Waals surface area (Å²) in [5, 5.41) is 8.39. The highest BCUT2D eigenvalue weighted by atomic mass is 16.4. The zero-order valence-corrected chi connectivity index (χ0v) is 12.9. The number of rotatable bonds is 13. The Morgan fingerprint density at radius 2 is 1.35 bits per heavy atom. The van der Waals surface area contributed by atoms with Gasteiger partial charge in [0.2, 0.25) is 0 Å². The highest BCUT2D eigenvalue weighted by Gasteiger charge is 1.89. The fourth-order valence-corrected chi connectivity index (χ4v) is 1.93. The number of hydrogen-bond acceptors (Lipinski definition) is 1. The van der Waals surface area contributed by atoms with Crippen LogP contribution in [0.3, 0.4) is 0 Å². The topological polar surface area (TPSA) is 37.3 Å². The molecule has 0 saturated carbocycles. The lowest BCUT2D eigenvalue weighted by atomic mass is 10.1. The number of carboxylic acids is 1. The Bertz CT molecular complexity index is 301. The molecule has 0 unspecified atom stereocenters. The van der Waals surface area contributed by atoms with Gasteiger partial charge in [0.05, 0.1) is 0 Å². The van der Waals surface area contributed by atoms with Gasteiger partial charge in [-0.3, -0.25) is 0 Å². The normalized spacial score (nSPS) is 12.1. The zero-order chi connectivity index (χ0) is 14.9. The molecule has 0 aliphatic heterocycles. The van der Waals surface area contributed by atoms with Crippen LogP contribution in [0.15, 0.2) is 36.5 Å². The molecule has 0 fully saturated rings. The summed E-state index contributed by atoms with van der Waals surface area (Å²) in [7, 11) is 0. The maximum absolute atomic E-state index is 10.2. The first-order valence-corrected chi connectivity index (χ1v) is 7.98. The van der Waals surface area contributed by atoms with Crippen LogP contribution in [0.2, 0.25) is 0 Å². The van der Waals surface area contributed by atoms with Gasteiger partial charge in [-0.2, -0.15) is 0 Å². The molecule has 2 heteroatoms. The minimum atomic E-state index is -0.890. The van der Waals surface area contributed by atoms with Crippen LogP contribution >= 0.6 is 0 Å². The van der Waals surface area contributed by atoms with Crippen molar-refractivity contribution in [1.29, 1.82) is 0 Å². The van der Waals surface area contributed by atoms with Gasteiger partial charge >= 0.3 is 5.97 Å². The lowest BCUT2D eigenvalue weighted by molar-refractivity contribution is -0.131. The Morgan fingerprint density at radius 3 is 1.95 bits per heavy atom. The number of aliphatic carboxylic acids is 1. The van der Waals surface area contributed by atoms with E-state index in [1.807, 2.05) is 12.2 Å². The molecule has 114 valence electrons. The van der Waals surface area contributed by atoms with Crippen molar-refractivity contribution in [1.82, 2.24) is 0 Å². The van der Waals surface area contributed by atoms with Crippen LogP contribution in [-0.4, -0.2) is 11.1 Å². The van der Waals surface area contributed by atoms with Crippen LogP contribution in [0.5, 0.6) is 0 Å². The minimum Gasteiger partial charge on any atom is -0.478 e. The summed E-state index contributed by atoms with van der Waals surface area (Å²) in [6.07, 6.45) is 23.7. The van der Waals surface area contributed by atoms with E-state index in [1.54, 1.807) is 6.08 Å². The van der Waals surface area contributed by atoms with Gasteiger partial charge in [0.1, 0.15) is 0 Å². The van der Waals surface area contributed by atoms with Crippen LogP contribution in [0, 0.1) is 0 Å². The van der Waals surface area contributed by atoms with E-state index in [4.69, 9.17) is 5.11 Å². The van der Waals surface area contributed by atoms with Crippen molar-refractivity contribution < 1.29 is 9.90 Å². The van der Waals surface area contributed by atoms with Crippen molar-refractivity contribution in [3.8, 4) is 0 Å². The smallest absolute Gasteiger partial charge is 0.328 e. The Kier molecular flexibility index (Phi) is 14.7. The molecule has 0 bridgehead atoms. The summed E-state index contributed by atoms with van der Waals surface area (Å²) >= 11 is 0. The van der Waals surface area contributed by atoms with Crippen LogP contribution in [-0.2, 0) is 4.79 Å². The van der Waals surface area contributed by atoms with E-state index in [2.05, 4.69) is 19.1 Å². The summed E-state index contributed by atoms with van der Waals surface area (Å²) in [6, 6.07) is 0. The highest BCUT2D eigenvalue weighted by Crippen LogP contribution is 2.08. The Labute approximate surface area is 124 Å². The second-order valence-electron chi connectivity index (χ2n) is 5.08. The summed E-state index contributed by atoms with van der Waals surface area (Å²) in [5.74, 6) is -0.890. The quantitative estimate of drug-likeness (QED) is 0.204. The van der Waals surface area contributed by atoms with E-state index >= 15 is 0 Å². The van der Waals surface area contributed by atoms with Gasteiger partial charge in [-0.15, -0.1) is 0 Å². The fourth-order valence-electron chi connectivity index (χ4n) is 1.93. The molecular formula is C18H30O2. The molecule has 0 amide bonds. The van der Waals surface area contributed by atoms with Crippen LogP contribution in [0.4, 0.5) is 0 Å². The van der Waals surface area contributed by atoms with E-state index in [0.29, 0.717) is 0 Å². The molecule has 0 rings (SSSR count). The average Bonchev–Trinajstić information content (AvgIpc) is 2.43. The monoisotopic (exact) mass is 278 g/mol. The lowest BCUT2D eigenvalue weighted by Crippen LogP contribution is -1.84. The second-order valence-corrected chi connectivity index (χ2v) is 5.08. The third-order valence-electron chi connectivity index (χ3n) is 3.12. The lowest BCUT2D eigenvalue weighted by Gasteiger charge is -1.98. The van der Waals surface area contributed by atoms with E-state index in [1.165, 1.54) is 57.8 Å². The molecule has 2 nitrogen and oxygen atoms in total. The van der Waals surface area contributed by atoms with Crippen molar-refractivity contribution in [2.24, 2.45) is 0 Å². The molecule has 0 atom stereocenters. The molecular weight excluding hydrogens is 248 g/mol. The Hall–Kier alpha value is -1.31. The molecule has 0 aliphatic rings. The van der Waals surface area contributed by atoms with Crippen molar-refractivity contribution in [2.75, 3.05) is 0 Å². The van der Waals surface area contributed by atoms with Crippen LogP contribution in [0.1, 0.15) is 71.1 Å². The first-order valence-electron chi connectivity index (χ1n) is 7.98. The number of carbonyl (C=O) groups is 1. The summed E-state index contributed by atoms with van der Waals surface area (Å²) < 4.78 is 0. The summed E-state index contributed by atoms with van der Waals surface area (Å²) in [6.45, 7) is 2.23. The number of unbranched alkanes of at least 4 members (excludes halogenated alkanes) is 8. The van der Waals surface area contributed by atoms with Crippen molar-refractivity contribution in [2.45, 2.75) is 71.1 Å². The summed E-state index contributed by atoms with van der Waals surface area (Å²) in [4.78, 5) is 10.2. The molecule has 0 saturated heterocycles. The molecule has 0 aromatic rings. The molecule has 0 radical (unpaired) electrons. The number of hydrogen-bond donors (Lipinski definition) is 1. The van der Waals surface area contributed by atoms with Gasteiger partial charge in [0.15, 0.2) is 0 Å². The predicted octanol–water partition coefficient (Wildman–Crippen LogP) is 5.66. The molecule has 0 aromatic carbocycles. The minimum absolute atomic E-state index is 0.890. The molecule has 0 aliphatic carbocycles. The van der Waals surface area contributed by atoms with Gasteiger partial charge in [-0.25, -0.2) is 4.79 Å². The molecule has 0 aromatic heterocycles. The second kappa shape index (κ2) is 15.7. The van der Waals surface area contributed by atoms with Crippen LogP contribution < -0.4 is 0 Å². The molecule has 0 heterocycles. The number of allylic oxidation sites excluding steroid dienone is 5. The van der Waals surface area contributed by atoms with Gasteiger partial charge in [-0.1, -0.05) is 69.4 Å². The third kappa shape index (κ3) is 16.7. The predicted molar refractivity (Wildman–Crippen MR) is 86.9 cm³/mol. The van der Waals surface area contributed by atoms with Gasteiger partial charge in [0, 0.05) is 6.08 Å². The van der Waals surface area contributed by atoms with E-state index < -0.39 is 5.97 Å². The largest absolute Gasteiger partial charge is 0.478 e. The van der Waals surface area contributed by atoms with Crippen molar-refractivity contribution in [3.63, 3.8) is 0 Å². The van der Waals surface area contributed by atoms with Crippen molar-refractivity contribution >= 4 is 5.97 Å². The van der Waals surface area contributed by atoms with Gasteiger partial charge < -0.3 is 5.11 Å². The van der Waals surface area contributed by atoms with Gasteiger partial charge in [-0.05, 0) is 32.1 Å². The van der Waals surface area contributed by atoms with Gasteiger partial charge in [0.25, 0.3) is 0 Å². The highest BCUT2D eigenvalue weighted by molar-refractivity contribution is 5.80. The van der Waals surface area contributed by atoms with E-state index in [9.17, 15) is 4.79 Å². The van der Waals surface area contributed by atoms with E-state index in [0.717, 1.165) is 12.5 Å². The Morgan fingerprint density at radius 1 is 0.800 bits per heavy atom. The van der Waals surface area contributed by atoms with Crippen LogP contribution in [0.25, 0.3) is 0 Å². The standard InChI is InChI=1S/C18H30O2/c1-2-3-4-5-6-7-8-9-10-11-12-13-14-15-16-17-18(19)20/h5-6,14-17H,2-4,7-13H2,1H3,(H,19,20)/b6-5?,15-14-,17-16?. The maximum Gasteiger partial charge on any atom is 0.328 e.